The number of hydrogen-bond acceptors (Lipinski definition) is 3. The van der Waals surface area contributed by atoms with Crippen LogP contribution in [-0.2, 0) is 6.42 Å². The van der Waals surface area contributed by atoms with Crippen LogP contribution in [0.3, 0.4) is 0 Å². The van der Waals surface area contributed by atoms with Crippen molar-refractivity contribution in [2.45, 2.75) is 32.6 Å². The van der Waals surface area contributed by atoms with Crippen LogP contribution in [0.5, 0.6) is 0 Å². The first-order valence-corrected chi connectivity index (χ1v) is 4.13. The smallest absolute Gasteiger partial charge is 0.230 e. The van der Waals surface area contributed by atoms with Crippen LogP contribution in [0.4, 0.5) is 0 Å². The molecule has 1 saturated carbocycles. The molecule has 0 saturated heterocycles. The van der Waals surface area contributed by atoms with Gasteiger partial charge in [0.25, 0.3) is 0 Å². The maximum atomic E-state index is 5.09. The summed E-state index contributed by atoms with van der Waals surface area (Å²) in [7, 11) is 0. The lowest BCUT2D eigenvalue weighted by atomic mass is 10.3. The Morgan fingerprint density at radius 1 is 1.64 bits per heavy atom. The third-order valence-corrected chi connectivity index (χ3v) is 2.23. The quantitative estimate of drug-likeness (QED) is 0.648. The van der Waals surface area contributed by atoms with E-state index in [1.165, 1.54) is 6.42 Å². The highest BCUT2D eigenvalue weighted by molar-refractivity contribution is 5.05. The molecule has 1 aliphatic carbocycles. The summed E-state index contributed by atoms with van der Waals surface area (Å²) in [6.07, 6.45) is 2.08. The molecule has 1 aromatic rings. The molecule has 3 nitrogen and oxygen atoms in total. The molecule has 0 bridgehead atoms. The zero-order valence-corrected chi connectivity index (χ0v) is 6.87. The summed E-state index contributed by atoms with van der Waals surface area (Å²) >= 11 is 0. The molecule has 1 aliphatic rings. The lowest BCUT2D eigenvalue weighted by Gasteiger charge is -1.82. The molecule has 0 unspecified atom stereocenters. The fourth-order valence-electron chi connectivity index (χ4n) is 1.23. The Kier molecular flexibility index (Phi) is 1.44. The Bertz CT molecular complexity index is 256. The van der Waals surface area contributed by atoms with Gasteiger partial charge in [-0.15, -0.1) is 0 Å². The minimum absolute atomic E-state index is 0.558. The molecule has 1 fully saturated rings. The van der Waals surface area contributed by atoms with Gasteiger partial charge in [-0.3, -0.25) is 0 Å². The van der Waals surface area contributed by atoms with Crippen LogP contribution in [0, 0.1) is 5.92 Å². The van der Waals surface area contributed by atoms with Crippen molar-refractivity contribution in [3.05, 3.63) is 11.7 Å². The van der Waals surface area contributed by atoms with Gasteiger partial charge < -0.3 is 4.52 Å². The zero-order chi connectivity index (χ0) is 7.84. The van der Waals surface area contributed by atoms with Crippen LogP contribution < -0.4 is 0 Å². The number of aryl methyl sites for hydroxylation is 1. The van der Waals surface area contributed by atoms with E-state index in [1.807, 2.05) is 6.92 Å². The highest BCUT2D eigenvalue weighted by Gasteiger charge is 2.38. The second-order valence-electron chi connectivity index (χ2n) is 3.22. The molecule has 0 N–H and O–H groups in total. The fraction of sp³-hybridized carbons (Fsp3) is 0.750. The normalized spacial score (nSPS) is 28.9. The maximum absolute atomic E-state index is 5.09. The highest BCUT2D eigenvalue weighted by atomic mass is 16.5. The predicted octanol–water partition coefficient (Wildman–Crippen LogP) is 1.76. The molecule has 0 aliphatic heterocycles. The molecule has 11 heavy (non-hydrogen) atoms. The number of hydrogen-bond donors (Lipinski definition) is 0. The average Bonchev–Trinajstić information content (AvgIpc) is 2.59. The Labute approximate surface area is 65.8 Å². The lowest BCUT2D eigenvalue weighted by Crippen LogP contribution is -1.84. The largest absolute Gasteiger partial charge is 0.339 e. The van der Waals surface area contributed by atoms with E-state index in [9.17, 15) is 0 Å². The monoisotopic (exact) mass is 152 g/mol. The molecule has 3 heteroatoms. The van der Waals surface area contributed by atoms with Gasteiger partial charge in [-0.2, -0.15) is 4.98 Å². The van der Waals surface area contributed by atoms with Gasteiger partial charge in [0.2, 0.25) is 5.89 Å². The van der Waals surface area contributed by atoms with Crippen molar-refractivity contribution in [2.24, 2.45) is 5.92 Å². The van der Waals surface area contributed by atoms with Crippen molar-refractivity contribution >= 4 is 0 Å². The van der Waals surface area contributed by atoms with Crippen molar-refractivity contribution in [1.82, 2.24) is 10.1 Å². The Hall–Kier alpha value is -0.860. The summed E-state index contributed by atoms with van der Waals surface area (Å²) in [5.41, 5.74) is 0. The van der Waals surface area contributed by atoms with Crippen molar-refractivity contribution in [3.8, 4) is 0 Å². The molecule has 1 aromatic heterocycles. The van der Waals surface area contributed by atoms with E-state index in [-0.39, 0.29) is 0 Å². The molecular formula is C8H12N2O. The average molecular weight is 152 g/mol. The zero-order valence-electron chi connectivity index (χ0n) is 6.87. The van der Waals surface area contributed by atoms with Crippen LogP contribution in [0.1, 0.15) is 37.9 Å². The lowest BCUT2D eigenvalue weighted by molar-refractivity contribution is 0.371. The first-order valence-electron chi connectivity index (χ1n) is 4.13. The minimum Gasteiger partial charge on any atom is -0.339 e. The van der Waals surface area contributed by atoms with E-state index in [4.69, 9.17) is 4.52 Å². The van der Waals surface area contributed by atoms with E-state index >= 15 is 0 Å². The first-order chi connectivity index (χ1) is 5.31. The van der Waals surface area contributed by atoms with E-state index in [2.05, 4.69) is 17.1 Å². The van der Waals surface area contributed by atoms with Crippen molar-refractivity contribution in [1.29, 1.82) is 0 Å². The van der Waals surface area contributed by atoms with Gasteiger partial charge in [0.1, 0.15) is 0 Å². The summed E-state index contributed by atoms with van der Waals surface area (Å²) < 4.78 is 5.09. The molecule has 2 rings (SSSR count). The summed E-state index contributed by atoms with van der Waals surface area (Å²) in [5, 5.41) is 3.84. The standard InChI is InChI=1S/C8H12N2O/c1-3-7-9-8(11-10-7)6-4-5(6)2/h5-6H,3-4H2,1-2H3/t5-,6-/m0/s1. The molecule has 0 amide bonds. The SMILES string of the molecule is CCc1noc([C@H]2C[C@@H]2C)n1. The van der Waals surface area contributed by atoms with E-state index in [1.54, 1.807) is 0 Å². The maximum Gasteiger partial charge on any atom is 0.230 e. The minimum atomic E-state index is 0.558. The van der Waals surface area contributed by atoms with E-state index in [0.29, 0.717) is 5.92 Å². The van der Waals surface area contributed by atoms with Crippen LogP contribution in [0.15, 0.2) is 4.52 Å². The van der Waals surface area contributed by atoms with Gasteiger partial charge in [-0.1, -0.05) is 19.0 Å². The third kappa shape index (κ3) is 1.15. The highest BCUT2D eigenvalue weighted by Crippen LogP contribution is 2.45. The number of nitrogens with zero attached hydrogens (tertiary/aromatic N) is 2. The predicted molar refractivity (Wildman–Crippen MR) is 40.2 cm³/mol. The summed E-state index contributed by atoms with van der Waals surface area (Å²) in [6, 6.07) is 0. The van der Waals surface area contributed by atoms with Crippen molar-refractivity contribution < 1.29 is 4.52 Å². The molecule has 2 atom stereocenters. The van der Waals surface area contributed by atoms with Crippen LogP contribution >= 0.6 is 0 Å². The van der Waals surface area contributed by atoms with Gasteiger partial charge >= 0.3 is 0 Å². The topological polar surface area (TPSA) is 38.9 Å². The molecule has 0 aromatic carbocycles. The second kappa shape index (κ2) is 2.32. The summed E-state index contributed by atoms with van der Waals surface area (Å²) in [5.74, 6) is 2.98. The molecule has 1 heterocycles. The first kappa shape index (κ1) is 6.83. The van der Waals surface area contributed by atoms with Gasteiger partial charge in [0.05, 0.1) is 0 Å². The van der Waals surface area contributed by atoms with E-state index in [0.717, 1.165) is 24.1 Å². The molecule has 60 valence electrons. The fourth-order valence-corrected chi connectivity index (χ4v) is 1.23. The number of rotatable bonds is 2. The molecular weight excluding hydrogens is 140 g/mol. The molecule has 0 radical (unpaired) electrons. The summed E-state index contributed by atoms with van der Waals surface area (Å²) in [4.78, 5) is 4.26. The van der Waals surface area contributed by atoms with Crippen LogP contribution in [0.2, 0.25) is 0 Å². The van der Waals surface area contributed by atoms with Gasteiger partial charge in [-0.05, 0) is 12.3 Å². The van der Waals surface area contributed by atoms with Gasteiger partial charge in [0.15, 0.2) is 5.82 Å². The van der Waals surface area contributed by atoms with Crippen LogP contribution in [-0.4, -0.2) is 10.1 Å². The van der Waals surface area contributed by atoms with Gasteiger partial charge in [-0.25, -0.2) is 0 Å². The van der Waals surface area contributed by atoms with Crippen molar-refractivity contribution in [3.63, 3.8) is 0 Å². The van der Waals surface area contributed by atoms with Gasteiger partial charge in [0, 0.05) is 12.3 Å². The summed E-state index contributed by atoms with van der Waals surface area (Å²) in [6.45, 7) is 4.24. The van der Waals surface area contributed by atoms with E-state index < -0.39 is 0 Å². The second-order valence-corrected chi connectivity index (χ2v) is 3.22. The van der Waals surface area contributed by atoms with Crippen LogP contribution in [0.25, 0.3) is 0 Å². The Balaban J connectivity index is 2.13. The Morgan fingerprint density at radius 2 is 2.36 bits per heavy atom. The molecule has 0 spiro atoms. The van der Waals surface area contributed by atoms with Crippen molar-refractivity contribution in [2.75, 3.05) is 0 Å². The number of aromatic nitrogens is 2. The third-order valence-electron chi connectivity index (χ3n) is 2.23. The Morgan fingerprint density at radius 3 is 2.82 bits per heavy atom.